The van der Waals surface area contributed by atoms with Crippen LogP contribution in [-0.2, 0) is 18.2 Å². The Morgan fingerprint density at radius 1 is 1.60 bits per heavy atom. The van der Waals surface area contributed by atoms with E-state index in [0.717, 1.165) is 0 Å². The van der Waals surface area contributed by atoms with Crippen molar-refractivity contribution in [3.8, 4) is 0 Å². The van der Waals surface area contributed by atoms with E-state index in [-0.39, 0.29) is 18.2 Å². The molecule has 1 aromatic rings. The summed E-state index contributed by atoms with van der Waals surface area (Å²) in [4.78, 5) is 5.43. The van der Waals surface area contributed by atoms with Gasteiger partial charge in [-0.05, 0) is 0 Å². The van der Waals surface area contributed by atoms with Crippen LogP contribution in [0, 0.1) is 0 Å². The van der Waals surface area contributed by atoms with Crippen LogP contribution in [0.25, 0.3) is 0 Å². The second-order valence-electron chi connectivity index (χ2n) is 2.07. The Bertz CT molecular complexity index is 160. The van der Waals surface area contributed by atoms with E-state index < -0.39 is 0 Å². The van der Waals surface area contributed by atoms with Crippen LogP contribution in [0.3, 0.4) is 0 Å². The van der Waals surface area contributed by atoms with Gasteiger partial charge in [0.15, 0.2) is 0 Å². The summed E-state index contributed by atoms with van der Waals surface area (Å²) in [6.45, 7) is 2.24. The average molecular weight is 310 g/mol. The zero-order chi connectivity index (χ0) is 7.23. The number of rotatable bonds is 4. The molecule has 0 saturated carbocycles. The Hall–Kier alpha value is -0.128. The van der Waals surface area contributed by atoms with Crippen molar-refractivity contribution in [2.45, 2.75) is 24.7 Å². The zero-order valence-corrected chi connectivity index (χ0v) is 8.84. The van der Waals surface area contributed by atoms with E-state index in [9.17, 15) is 0 Å². The third kappa shape index (κ3) is 2.64. The van der Waals surface area contributed by atoms with Crippen LogP contribution < -0.4 is 0 Å². The minimum absolute atomic E-state index is 0.141. The molecule has 0 spiro atoms. The quantitative estimate of drug-likeness (QED) is 0.777. The molecule has 0 aromatic carbocycles. The van der Waals surface area contributed by atoms with Crippen molar-refractivity contribution < 1.29 is 18.2 Å². The molecule has 3 heteroatoms. The van der Waals surface area contributed by atoms with Gasteiger partial charge in [-0.15, -0.1) is 0 Å². The van der Waals surface area contributed by atoms with Crippen LogP contribution in [0.1, 0.15) is 19.8 Å². The molecular weight excluding hydrogens is 298 g/mol. The van der Waals surface area contributed by atoms with Crippen LogP contribution in [0.2, 0.25) is 4.89 Å². The molecule has 0 unspecified atom stereocenters. The number of nitrogens with zero attached hydrogens (tertiary/aromatic N) is 2. The van der Waals surface area contributed by atoms with Crippen molar-refractivity contribution in [3.63, 3.8) is 0 Å². The van der Waals surface area contributed by atoms with E-state index in [1.807, 2.05) is 12.5 Å². The SMILES string of the molecule is CCC[CH2][Re][n]1ccnc1. The number of hydrogen-bond donors (Lipinski definition) is 0. The summed E-state index contributed by atoms with van der Waals surface area (Å²) in [6, 6.07) is 0. The van der Waals surface area contributed by atoms with Crippen LogP contribution in [0.15, 0.2) is 18.7 Å². The molecule has 0 aliphatic heterocycles. The van der Waals surface area contributed by atoms with Crippen molar-refractivity contribution in [1.29, 1.82) is 0 Å². The van der Waals surface area contributed by atoms with Crippen molar-refractivity contribution in [2.24, 2.45) is 0 Å². The first-order chi connectivity index (χ1) is 4.93. The molecule has 10 heavy (non-hydrogen) atoms. The molecule has 0 atom stereocenters. The standard InChI is InChI=1S/C4H9.C3H3N2.Re/c1-3-4-2;1-2-5-3-4-1;/h1,3-4H2,2H3;1-3H;/q;-1;+1. The minimum atomic E-state index is -0.141. The molecule has 0 N–H and O–H groups in total. The van der Waals surface area contributed by atoms with E-state index in [4.69, 9.17) is 0 Å². The maximum atomic E-state index is 4.00. The van der Waals surface area contributed by atoms with Crippen molar-refractivity contribution in [2.75, 3.05) is 0 Å². The van der Waals surface area contributed by atoms with Gasteiger partial charge in [-0.2, -0.15) is 0 Å². The first-order valence-corrected chi connectivity index (χ1v) is 6.64. The van der Waals surface area contributed by atoms with Gasteiger partial charge in [-0.1, -0.05) is 0 Å². The van der Waals surface area contributed by atoms with Gasteiger partial charge in [0, 0.05) is 0 Å². The Morgan fingerprint density at radius 2 is 2.50 bits per heavy atom. The molecular formula is C7H12N2Re. The van der Waals surface area contributed by atoms with Crippen molar-refractivity contribution in [1.82, 2.24) is 8.18 Å². The summed E-state index contributed by atoms with van der Waals surface area (Å²) in [7, 11) is 0. The molecule has 1 rings (SSSR count). The van der Waals surface area contributed by atoms with E-state index in [1.54, 1.807) is 0 Å². The van der Waals surface area contributed by atoms with Gasteiger partial charge in [-0.25, -0.2) is 0 Å². The average Bonchev–Trinajstić information content (AvgIpc) is 2.41. The summed E-state index contributed by atoms with van der Waals surface area (Å²) in [6.07, 6.45) is 8.59. The molecule has 0 bridgehead atoms. The van der Waals surface area contributed by atoms with E-state index in [0.29, 0.717) is 0 Å². The van der Waals surface area contributed by atoms with Gasteiger partial charge >= 0.3 is 69.8 Å². The van der Waals surface area contributed by atoms with Crippen LogP contribution in [-0.4, -0.2) is 8.18 Å². The van der Waals surface area contributed by atoms with E-state index >= 15 is 0 Å². The molecule has 0 aliphatic rings. The van der Waals surface area contributed by atoms with Gasteiger partial charge in [0.1, 0.15) is 0 Å². The molecule has 2 nitrogen and oxygen atoms in total. The van der Waals surface area contributed by atoms with Crippen LogP contribution in [0.4, 0.5) is 0 Å². The second-order valence-corrected chi connectivity index (χ2v) is 5.69. The monoisotopic (exact) mass is 311 g/mol. The molecule has 1 heterocycles. The van der Waals surface area contributed by atoms with Crippen molar-refractivity contribution in [3.05, 3.63) is 18.7 Å². The Balaban J connectivity index is 2.15. The normalized spacial score (nSPS) is 10.1. The van der Waals surface area contributed by atoms with Gasteiger partial charge < -0.3 is 0 Å². The summed E-state index contributed by atoms with van der Waals surface area (Å²) in [5.74, 6) is 0. The van der Waals surface area contributed by atoms with Gasteiger partial charge in [0.25, 0.3) is 0 Å². The number of hydrogen-bond acceptors (Lipinski definition) is 1. The fourth-order valence-electron chi connectivity index (χ4n) is 0.605. The first-order valence-electron chi connectivity index (χ1n) is 3.51. The zero-order valence-electron chi connectivity index (χ0n) is 6.13. The third-order valence-corrected chi connectivity index (χ3v) is 4.46. The van der Waals surface area contributed by atoms with E-state index in [2.05, 4.69) is 21.3 Å². The Morgan fingerprint density at radius 3 is 3.10 bits per heavy atom. The summed E-state index contributed by atoms with van der Waals surface area (Å²) in [5, 5.41) is 0. The van der Waals surface area contributed by atoms with Crippen LogP contribution in [0.5, 0.6) is 0 Å². The summed E-state index contributed by atoms with van der Waals surface area (Å²) in [5.41, 5.74) is 0. The number of imidazole rings is 1. The predicted molar refractivity (Wildman–Crippen MR) is 37.3 cm³/mol. The molecule has 0 radical (unpaired) electrons. The molecule has 57 valence electrons. The Labute approximate surface area is 70.1 Å². The first kappa shape index (κ1) is 7.97. The van der Waals surface area contributed by atoms with Gasteiger partial charge in [-0.3, -0.25) is 0 Å². The second kappa shape index (κ2) is 4.65. The molecule has 0 amide bonds. The van der Waals surface area contributed by atoms with Crippen LogP contribution >= 0.6 is 0 Å². The number of aromatic nitrogens is 2. The summed E-state index contributed by atoms with van der Waals surface area (Å²) < 4.78 is 2.27. The number of unbranched alkanes of at least 4 members (excludes halogenated alkanes) is 1. The fraction of sp³-hybridized carbons (Fsp3) is 0.571. The summed E-state index contributed by atoms with van der Waals surface area (Å²) >= 11 is -0.141. The predicted octanol–water partition coefficient (Wildman–Crippen LogP) is 1.95. The molecule has 0 fully saturated rings. The topological polar surface area (TPSA) is 17.8 Å². The third-order valence-electron chi connectivity index (χ3n) is 1.18. The van der Waals surface area contributed by atoms with Crippen molar-refractivity contribution >= 4 is 0 Å². The molecule has 0 aliphatic carbocycles. The maximum absolute atomic E-state index is 4.00. The van der Waals surface area contributed by atoms with Gasteiger partial charge in [0.2, 0.25) is 0 Å². The molecule has 0 saturated heterocycles. The van der Waals surface area contributed by atoms with E-state index in [1.165, 1.54) is 17.7 Å². The fourth-order valence-corrected chi connectivity index (χ4v) is 3.57. The van der Waals surface area contributed by atoms with Gasteiger partial charge in [0.05, 0.1) is 0 Å². The molecule has 1 aromatic heterocycles. The Kier molecular flexibility index (Phi) is 3.71.